The number of ether oxygens (including phenoxy) is 4. The van der Waals surface area contributed by atoms with E-state index in [1.54, 1.807) is 0 Å². The van der Waals surface area contributed by atoms with Gasteiger partial charge < -0.3 is 33.8 Å². The first-order valence-electron chi connectivity index (χ1n) is 37.2. The lowest BCUT2D eigenvalue weighted by Crippen LogP contribution is -2.30. The van der Waals surface area contributed by atoms with Crippen LogP contribution in [0.2, 0.25) is 0 Å². The van der Waals surface area contributed by atoms with Gasteiger partial charge in [-0.1, -0.05) is 317 Å². The number of aliphatic hydroxyl groups is 1. The molecule has 17 nitrogen and oxygen atoms in total. The second-order valence-electron chi connectivity index (χ2n) is 25.9. The first-order valence-corrected chi connectivity index (χ1v) is 40.2. The lowest BCUT2D eigenvalue weighted by Gasteiger charge is -2.21. The molecule has 0 bridgehead atoms. The minimum Gasteiger partial charge on any atom is -0.462 e. The van der Waals surface area contributed by atoms with Crippen LogP contribution in [0.1, 0.15) is 369 Å². The van der Waals surface area contributed by atoms with E-state index in [1.165, 1.54) is 186 Å². The van der Waals surface area contributed by atoms with Gasteiger partial charge in [0.1, 0.15) is 19.3 Å². The molecule has 0 amide bonds. The van der Waals surface area contributed by atoms with Crippen LogP contribution >= 0.6 is 15.6 Å². The van der Waals surface area contributed by atoms with Crippen molar-refractivity contribution < 1.29 is 80.2 Å². The van der Waals surface area contributed by atoms with E-state index in [0.717, 1.165) is 102 Å². The molecule has 0 saturated carbocycles. The number of carbonyl (C=O) groups is 4. The summed E-state index contributed by atoms with van der Waals surface area (Å²) in [4.78, 5) is 72.2. The predicted octanol–water partition coefficient (Wildman–Crippen LogP) is 20.5. The Labute approximate surface area is 549 Å². The quantitative estimate of drug-likeness (QED) is 0.0222. The van der Waals surface area contributed by atoms with Crippen molar-refractivity contribution in [1.82, 2.24) is 0 Å². The van der Waals surface area contributed by atoms with Gasteiger partial charge in [-0.15, -0.1) is 0 Å². The van der Waals surface area contributed by atoms with Gasteiger partial charge in [-0.3, -0.25) is 37.3 Å². The van der Waals surface area contributed by atoms with Crippen molar-refractivity contribution in [2.24, 2.45) is 5.92 Å². The first-order chi connectivity index (χ1) is 43.6. The summed E-state index contributed by atoms with van der Waals surface area (Å²) in [6.07, 6.45) is 51.8. The van der Waals surface area contributed by atoms with Gasteiger partial charge in [0.05, 0.1) is 26.4 Å². The molecule has 0 fully saturated rings. The molecule has 0 aromatic heterocycles. The minimum absolute atomic E-state index is 0.105. The Morgan fingerprint density at radius 2 is 0.533 bits per heavy atom. The van der Waals surface area contributed by atoms with Crippen LogP contribution in [0.25, 0.3) is 0 Å². The highest BCUT2D eigenvalue weighted by Gasteiger charge is 2.30. The first kappa shape index (κ1) is 88.1. The summed E-state index contributed by atoms with van der Waals surface area (Å²) in [5.74, 6) is -1.26. The highest BCUT2D eigenvalue weighted by molar-refractivity contribution is 7.47. The lowest BCUT2D eigenvalue weighted by atomic mass is 9.99. The maximum atomic E-state index is 13.0. The van der Waals surface area contributed by atoms with Crippen LogP contribution in [0, 0.1) is 5.92 Å². The third-order valence-electron chi connectivity index (χ3n) is 16.9. The predicted molar refractivity (Wildman–Crippen MR) is 363 cm³/mol. The molecule has 3 unspecified atom stereocenters. The molecule has 3 N–H and O–H groups in total. The van der Waals surface area contributed by atoms with Gasteiger partial charge in [0, 0.05) is 25.7 Å². The molecule has 90 heavy (non-hydrogen) atoms. The topological polar surface area (TPSA) is 237 Å². The van der Waals surface area contributed by atoms with E-state index in [-0.39, 0.29) is 25.7 Å². The third kappa shape index (κ3) is 63.5. The molecule has 0 spiro atoms. The van der Waals surface area contributed by atoms with Crippen LogP contribution in [-0.2, 0) is 65.4 Å². The van der Waals surface area contributed by atoms with Gasteiger partial charge in [0.15, 0.2) is 12.2 Å². The van der Waals surface area contributed by atoms with Gasteiger partial charge in [0.25, 0.3) is 0 Å². The van der Waals surface area contributed by atoms with Gasteiger partial charge in [-0.05, 0) is 31.6 Å². The Bertz CT molecular complexity index is 1740. The number of phosphoric ester groups is 2. The molecular weight excluding hydrogens is 1190 g/mol. The van der Waals surface area contributed by atoms with Crippen LogP contribution < -0.4 is 0 Å². The molecular formula is C71H138O17P2. The minimum atomic E-state index is -4.95. The maximum absolute atomic E-state index is 13.0. The Kier molecular flexibility index (Phi) is 63.0. The number of hydrogen-bond donors (Lipinski definition) is 3. The van der Waals surface area contributed by atoms with E-state index in [1.807, 2.05) is 0 Å². The van der Waals surface area contributed by atoms with E-state index in [4.69, 9.17) is 37.0 Å². The average Bonchev–Trinajstić information content (AvgIpc) is 3.72. The number of hydrogen-bond acceptors (Lipinski definition) is 15. The van der Waals surface area contributed by atoms with E-state index < -0.39 is 97.5 Å². The van der Waals surface area contributed by atoms with Crippen LogP contribution in [0.5, 0.6) is 0 Å². The fourth-order valence-electron chi connectivity index (χ4n) is 10.8. The zero-order valence-electron chi connectivity index (χ0n) is 58.3. The Morgan fingerprint density at radius 3 is 0.789 bits per heavy atom. The van der Waals surface area contributed by atoms with Crippen LogP contribution in [0.15, 0.2) is 0 Å². The average molecular weight is 1330 g/mol. The number of rotatable bonds is 71. The smallest absolute Gasteiger partial charge is 0.462 e. The van der Waals surface area contributed by atoms with Gasteiger partial charge in [-0.2, -0.15) is 0 Å². The van der Waals surface area contributed by atoms with Crippen LogP contribution in [0.4, 0.5) is 0 Å². The van der Waals surface area contributed by atoms with Gasteiger partial charge >= 0.3 is 39.5 Å². The maximum Gasteiger partial charge on any atom is 0.472 e. The van der Waals surface area contributed by atoms with Gasteiger partial charge in [0.2, 0.25) is 0 Å². The largest absolute Gasteiger partial charge is 0.472 e. The molecule has 6 atom stereocenters. The second kappa shape index (κ2) is 64.4. The third-order valence-corrected chi connectivity index (χ3v) is 18.8. The zero-order chi connectivity index (χ0) is 66.3. The summed E-state index contributed by atoms with van der Waals surface area (Å²) >= 11 is 0. The van der Waals surface area contributed by atoms with Crippen LogP contribution in [-0.4, -0.2) is 96.7 Å². The van der Waals surface area contributed by atoms with E-state index in [0.29, 0.717) is 25.7 Å². The van der Waals surface area contributed by atoms with E-state index in [2.05, 4.69) is 34.6 Å². The fraction of sp³-hybridized carbons (Fsp3) is 0.944. The number of phosphoric acid groups is 2. The summed E-state index contributed by atoms with van der Waals surface area (Å²) in [6.45, 7) is 7.21. The highest BCUT2D eigenvalue weighted by atomic mass is 31.2. The molecule has 0 aromatic carbocycles. The number of esters is 4. The van der Waals surface area contributed by atoms with Crippen molar-refractivity contribution in [3.63, 3.8) is 0 Å². The molecule has 19 heteroatoms. The SMILES string of the molecule is CCCCCCCCCCCCCCCCC(=O)OC[C@H](COP(=O)(O)OC[C@@H](O)COP(=O)(O)OC[C@@H](COC(=O)CCCCCCC)OC(=O)CCCCCCCCCCC)OC(=O)CCCCCCCCCCCCCCCCCCCCC(C)CC. The molecule has 0 saturated heterocycles. The molecule has 0 aliphatic heterocycles. The monoisotopic (exact) mass is 1320 g/mol. The molecule has 0 radical (unpaired) electrons. The molecule has 0 rings (SSSR count). The van der Waals surface area contributed by atoms with Crippen LogP contribution in [0.3, 0.4) is 0 Å². The Hall–Kier alpha value is -1.94. The summed E-state index contributed by atoms with van der Waals surface area (Å²) in [7, 11) is -9.89. The van der Waals surface area contributed by atoms with Gasteiger partial charge in [-0.25, -0.2) is 9.13 Å². The highest BCUT2D eigenvalue weighted by Crippen LogP contribution is 2.45. The molecule has 0 aliphatic carbocycles. The van der Waals surface area contributed by atoms with E-state index in [9.17, 15) is 43.2 Å². The number of carbonyl (C=O) groups excluding carboxylic acids is 4. The summed E-state index contributed by atoms with van der Waals surface area (Å²) < 4.78 is 68.0. The van der Waals surface area contributed by atoms with Crippen molar-refractivity contribution in [3.8, 4) is 0 Å². The Balaban J connectivity index is 5.09. The van der Waals surface area contributed by atoms with Crippen molar-refractivity contribution in [2.45, 2.75) is 387 Å². The summed E-state index contributed by atoms with van der Waals surface area (Å²) in [6, 6.07) is 0. The van der Waals surface area contributed by atoms with Crippen molar-refractivity contribution in [1.29, 1.82) is 0 Å². The molecule has 0 aromatic rings. The standard InChI is InChI=1S/C71H138O17P2/c1-6-10-13-16-18-20-21-22-30-33-37-40-45-50-55-69(74)82-61-67(88-71(76)57-52-47-42-38-34-31-28-26-24-23-25-27-29-32-36-39-44-48-53-64(5)9-4)63-86-90(79,80)84-59-65(72)58-83-89(77,78)85-62-66(60-81-68(73)54-49-43-15-12-8-3)87-70(75)56-51-46-41-35-19-17-14-11-7-2/h64-67,72H,6-63H2,1-5H3,(H,77,78)(H,79,80)/t64?,65-,66+,67+/m0/s1. The lowest BCUT2D eigenvalue weighted by molar-refractivity contribution is -0.161. The molecule has 0 aliphatic rings. The van der Waals surface area contributed by atoms with Crippen molar-refractivity contribution in [2.75, 3.05) is 39.6 Å². The van der Waals surface area contributed by atoms with Crippen molar-refractivity contribution in [3.05, 3.63) is 0 Å². The number of aliphatic hydroxyl groups excluding tert-OH is 1. The molecule has 0 heterocycles. The fourth-order valence-corrected chi connectivity index (χ4v) is 12.4. The summed E-state index contributed by atoms with van der Waals surface area (Å²) in [5.41, 5.74) is 0. The summed E-state index contributed by atoms with van der Waals surface area (Å²) in [5, 5.41) is 10.5. The normalized spacial score (nSPS) is 14.4. The Morgan fingerprint density at radius 1 is 0.311 bits per heavy atom. The number of unbranched alkanes of at least 4 members (excludes halogenated alkanes) is 42. The zero-order valence-corrected chi connectivity index (χ0v) is 60.1. The van der Waals surface area contributed by atoms with E-state index >= 15 is 0 Å². The van der Waals surface area contributed by atoms with Crippen molar-refractivity contribution >= 4 is 39.5 Å². The second-order valence-corrected chi connectivity index (χ2v) is 28.8. The molecule has 534 valence electrons.